The number of carbonyl (C=O) groups excluding carboxylic acids is 2. The zero-order chi connectivity index (χ0) is 29.6. The van der Waals surface area contributed by atoms with E-state index in [2.05, 4.69) is 20.5 Å². The summed E-state index contributed by atoms with van der Waals surface area (Å²) in [6.07, 6.45) is 0.317. The highest BCUT2D eigenvalue weighted by Crippen LogP contribution is 2.39. The third kappa shape index (κ3) is 7.75. The summed E-state index contributed by atoms with van der Waals surface area (Å²) in [6, 6.07) is 7.53. The van der Waals surface area contributed by atoms with Crippen LogP contribution in [0, 0.1) is 0 Å². The molecule has 0 bridgehead atoms. The number of aromatic nitrogens is 1. The molecule has 0 spiro atoms. The average molecular weight is 579 g/mol. The van der Waals surface area contributed by atoms with Crippen LogP contribution in [0.25, 0.3) is 0 Å². The first-order chi connectivity index (χ1) is 19.5. The Labute approximate surface area is 237 Å². The molecule has 2 fully saturated rings. The quantitative estimate of drug-likeness (QED) is 0.397. The fraction of sp³-hybridized carbons (Fsp3) is 0.552. The Morgan fingerprint density at radius 2 is 1.93 bits per heavy atom. The van der Waals surface area contributed by atoms with Crippen LogP contribution < -0.4 is 15.4 Å². The number of halogens is 3. The van der Waals surface area contributed by atoms with Gasteiger partial charge in [0, 0.05) is 49.1 Å². The van der Waals surface area contributed by atoms with Crippen LogP contribution in [0.4, 0.5) is 13.2 Å². The second-order valence-corrected chi connectivity index (χ2v) is 10.7. The number of nitrogens with one attached hydrogen (secondary N) is 2. The topological polar surface area (TPSA) is 113 Å². The Morgan fingerprint density at radius 3 is 2.56 bits per heavy atom. The smallest absolute Gasteiger partial charge is 0.416 e. The summed E-state index contributed by atoms with van der Waals surface area (Å²) in [5, 5.41) is 16.6. The number of alkyl halides is 3. The molecular weight excluding hydrogens is 541 g/mol. The third-order valence-corrected chi connectivity index (χ3v) is 7.82. The lowest BCUT2D eigenvalue weighted by atomic mass is 9.78. The van der Waals surface area contributed by atoms with Crippen LogP contribution in [0.15, 0.2) is 42.6 Å². The van der Waals surface area contributed by atoms with E-state index in [1.54, 1.807) is 19.4 Å². The van der Waals surface area contributed by atoms with Crippen molar-refractivity contribution in [1.29, 1.82) is 0 Å². The lowest BCUT2D eigenvalue weighted by Gasteiger charge is -2.39. The van der Waals surface area contributed by atoms with Gasteiger partial charge in [0.15, 0.2) is 0 Å². The molecule has 1 aliphatic heterocycles. The number of pyridine rings is 1. The number of carbonyl (C=O) groups is 2. The molecule has 1 aliphatic carbocycles. The van der Waals surface area contributed by atoms with Gasteiger partial charge in [0.05, 0.1) is 37.0 Å². The highest BCUT2D eigenvalue weighted by atomic mass is 19.4. The molecule has 2 amide bonds. The molecule has 1 aromatic heterocycles. The first-order valence-electron chi connectivity index (χ1n) is 13.9. The minimum Gasteiger partial charge on any atom is -0.481 e. The number of nitrogens with zero attached hydrogens (tertiary/aromatic N) is 2. The molecule has 2 atom stereocenters. The van der Waals surface area contributed by atoms with E-state index in [4.69, 9.17) is 9.47 Å². The van der Waals surface area contributed by atoms with E-state index < -0.39 is 29.2 Å². The van der Waals surface area contributed by atoms with E-state index >= 15 is 0 Å². The van der Waals surface area contributed by atoms with Gasteiger partial charge in [-0.1, -0.05) is 13.0 Å². The van der Waals surface area contributed by atoms with Crippen molar-refractivity contribution in [3.05, 3.63) is 59.3 Å². The van der Waals surface area contributed by atoms with E-state index in [0.717, 1.165) is 43.0 Å². The standard InChI is InChI=1S/C29H37F3N4O5/c1-3-13-41-24-18-36(22-9-11-28(39,12-10-22)21-7-8-26(40-2)33-15-21)17-23(24)35-25(37)16-34-27(38)19-5-4-6-20(14-19)29(30,31)32/h4-8,14-15,22-24,39H,3,9-13,16-18H2,1-2H3,(H,34,38)(H,35,37). The van der Waals surface area contributed by atoms with Crippen molar-refractivity contribution in [3.63, 3.8) is 0 Å². The van der Waals surface area contributed by atoms with E-state index in [-0.39, 0.29) is 30.3 Å². The SMILES string of the molecule is CCCOC1CN(C2CCC(O)(c3ccc(OC)nc3)CC2)CC1NC(=O)CNC(=O)c1cccc(C(F)(F)F)c1. The summed E-state index contributed by atoms with van der Waals surface area (Å²) < 4.78 is 50.1. The van der Waals surface area contributed by atoms with Crippen molar-refractivity contribution < 1.29 is 37.3 Å². The number of aliphatic hydroxyl groups is 1. The van der Waals surface area contributed by atoms with Crippen LogP contribution in [-0.2, 0) is 21.3 Å². The van der Waals surface area contributed by atoms with Crippen LogP contribution in [0.3, 0.4) is 0 Å². The van der Waals surface area contributed by atoms with Crippen LogP contribution in [0.5, 0.6) is 5.88 Å². The minimum absolute atomic E-state index is 0.175. The highest BCUT2D eigenvalue weighted by molar-refractivity contribution is 5.96. The molecule has 2 heterocycles. The van der Waals surface area contributed by atoms with Crippen molar-refractivity contribution in [2.75, 3.05) is 33.4 Å². The molecule has 2 aromatic rings. The van der Waals surface area contributed by atoms with Gasteiger partial charge in [0.1, 0.15) is 0 Å². The number of methoxy groups -OCH3 is 1. The number of likely N-dealkylation sites (tertiary alicyclic amines) is 1. The molecule has 1 aromatic carbocycles. The predicted molar refractivity (Wildman–Crippen MR) is 144 cm³/mol. The lowest BCUT2D eigenvalue weighted by molar-refractivity contribution is -0.137. The molecule has 1 saturated carbocycles. The second kappa shape index (κ2) is 13.2. The van der Waals surface area contributed by atoms with Gasteiger partial charge in [-0.3, -0.25) is 14.5 Å². The number of hydrogen-bond acceptors (Lipinski definition) is 7. The first-order valence-corrected chi connectivity index (χ1v) is 13.9. The highest BCUT2D eigenvalue weighted by Gasteiger charge is 2.42. The summed E-state index contributed by atoms with van der Waals surface area (Å²) >= 11 is 0. The van der Waals surface area contributed by atoms with Gasteiger partial charge in [-0.15, -0.1) is 0 Å². The fourth-order valence-corrected chi connectivity index (χ4v) is 5.55. The van der Waals surface area contributed by atoms with Crippen molar-refractivity contribution in [2.45, 2.75) is 69.0 Å². The normalized spacial score (nSPS) is 25.1. The van der Waals surface area contributed by atoms with Gasteiger partial charge >= 0.3 is 6.18 Å². The zero-order valence-corrected chi connectivity index (χ0v) is 23.2. The van der Waals surface area contributed by atoms with Crippen molar-refractivity contribution in [2.24, 2.45) is 0 Å². The Morgan fingerprint density at radius 1 is 1.17 bits per heavy atom. The molecule has 9 nitrogen and oxygen atoms in total. The van der Waals surface area contributed by atoms with Crippen molar-refractivity contribution in [1.82, 2.24) is 20.5 Å². The van der Waals surface area contributed by atoms with E-state index in [9.17, 15) is 27.9 Å². The van der Waals surface area contributed by atoms with Crippen LogP contribution in [-0.4, -0.2) is 78.3 Å². The largest absolute Gasteiger partial charge is 0.481 e. The van der Waals surface area contributed by atoms with Gasteiger partial charge in [0.25, 0.3) is 5.91 Å². The van der Waals surface area contributed by atoms with Crippen molar-refractivity contribution in [3.8, 4) is 5.88 Å². The maximum Gasteiger partial charge on any atom is 0.416 e. The fourth-order valence-electron chi connectivity index (χ4n) is 5.55. The lowest BCUT2D eigenvalue weighted by Crippen LogP contribution is -2.48. The molecule has 4 rings (SSSR count). The number of ether oxygens (including phenoxy) is 2. The van der Waals surface area contributed by atoms with Gasteiger partial charge in [-0.25, -0.2) is 4.98 Å². The summed E-state index contributed by atoms with van der Waals surface area (Å²) in [5.74, 6) is -0.725. The number of benzene rings is 1. The zero-order valence-electron chi connectivity index (χ0n) is 23.2. The number of rotatable bonds is 10. The van der Waals surface area contributed by atoms with E-state index in [1.807, 2.05) is 13.0 Å². The molecule has 2 aliphatic rings. The van der Waals surface area contributed by atoms with Crippen molar-refractivity contribution >= 4 is 11.8 Å². The Hall–Kier alpha value is -3.22. The monoisotopic (exact) mass is 578 g/mol. The van der Waals surface area contributed by atoms with Crippen LogP contribution in [0.1, 0.15) is 60.5 Å². The Balaban J connectivity index is 1.31. The average Bonchev–Trinajstić information content (AvgIpc) is 3.36. The summed E-state index contributed by atoms with van der Waals surface area (Å²) in [6.45, 7) is 3.33. The minimum atomic E-state index is -4.57. The van der Waals surface area contributed by atoms with Crippen LogP contribution >= 0.6 is 0 Å². The summed E-state index contributed by atoms with van der Waals surface area (Å²) in [5.41, 5.74) is -1.30. The maximum atomic E-state index is 13.0. The summed E-state index contributed by atoms with van der Waals surface area (Å²) in [7, 11) is 1.54. The molecule has 0 radical (unpaired) electrons. The molecular formula is C29H37F3N4O5. The first kappa shape index (κ1) is 30.7. The number of hydrogen-bond donors (Lipinski definition) is 3. The van der Waals surface area contributed by atoms with Gasteiger partial charge in [-0.05, 0) is 56.4 Å². The summed E-state index contributed by atoms with van der Waals surface area (Å²) in [4.78, 5) is 31.6. The Kier molecular flexibility index (Phi) is 9.88. The maximum absolute atomic E-state index is 13.0. The Bertz CT molecular complexity index is 1190. The second-order valence-electron chi connectivity index (χ2n) is 10.7. The molecule has 12 heteroatoms. The molecule has 41 heavy (non-hydrogen) atoms. The molecule has 2 unspecified atom stereocenters. The predicted octanol–water partition coefficient (Wildman–Crippen LogP) is 3.26. The molecule has 3 N–H and O–H groups in total. The molecule has 224 valence electrons. The number of amides is 2. The van der Waals surface area contributed by atoms with Gasteiger partial charge < -0.3 is 25.2 Å². The molecule has 1 saturated heterocycles. The van der Waals surface area contributed by atoms with E-state index in [0.29, 0.717) is 38.4 Å². The van der Waals surface area contributed by atoms with Crippen LogP contribution in [0.2, 0.25) is 0 Å². The third-order valence-electron chi connectivity index (χ3n) is 7.82. The van der Waals surface area contributed by atoms with Gasteiger partial charge in [0.2, 0.25) is 11.8 Å². The van der Waals surface area contributed by atoms with Gasteiger partial charge in [-0.2, -0.15) is 13.2 Å². The van der Waals surface area contributed by atoms with E-state index in [1.165, 1.54) is 6.07 Å².